The highest BCUT2D eigenvalue weighted by Gasteiger charge is 2.17. The largest absolute Gasteiger partial charge is 0.396 e. The number of hydrogen-bond donors (Lipinski definition) is 2. The summed E-state index contributed by atoms with van der Waals surface area (Å²) in [5.41, 5.74) is 8.44. The van der Waals surface area contributed by atoms with Crippen molar-refractivity contribution in [2.24, 2.45) is 0 Å². The molecule has 1 atom stereocenters. The molecule has 0 fully saturated rings. The van der Waals surface area contributed by atoms with E-state index in [1.807, 2.05) is 18.5 Å². The summed E-state index contributed by atoms with van der Waals surface area (Å²) < 4.78 is 1.82. The molecule has 5 nitrogen and oxygen atoms in total. The number of aliphatic hydroxyl groups is 1. The molecule has 0 aromatic carbocycles. The summed E-state index contributed by atoms with van der Waals surface area (Å²) in [6, 6.07) is 0.446. The molecule has 0 bridgehead atoms. The predicted molar refractivity (Wildman–Crippen MR) is 88.4 cm³/mol. The summed E-state index contributed by atoms with van der Waals surface area (Å²) in [7, 11) is 0. The van der Waals surface area contributed by atoms with Crippen LogP contribution in [-0.4, -0.2) is 45.0 Å². The van der Waals surface area contributed by atoms with E-state index in [9.17, 15) is 5.11 Å². The highest BCUT2D eigenvalue weighted by molar-refractivity contribution is 5.46. The molecule has 0 saturated heterocycles. The van der Waals surface area contributed by atoms with Crippen molar-refractivity contribution in [1.29, 1.82) is 0 Å². The number of nitrogen functional groups attached to an aromatic ring is 1. The molecule has 0 amide bonds. The van der Waals surface area contributed by atoms with Crippen LogP contribution in [0.5, 0.6) is 0 Å². The molecule has 0 aliphatic heterocycles. The van der Waals surface area contributed by atoms with Crippen LogP contribution < -0.4 is 5.73 Å². The number of aromatic nitrogens is 2. The highest BCUT2D eigenvalue weighted by atomic mass is 16.3. The molecule has 122 valence electrons. The van der Waals surface area contributed by atoms with Crippen LogP contribution in [-0.2, 0) is 6.54 Å². The Balaban J connectivity index is 2.56. The van der Waals surface area contributed by atoms with Crippen molar-refractivity contribution in [3.8, 4) is 0 Å². The van der Waals surface area contributed by atoms with Crippen LogP contribution in [0, 0.1) is 13.8 Å². The minimum Gasteiger partial charge on any atom is -0.396 e. The molecule has 1 heterocycles. The number of aliphatic hydroxyl groups excluding tert-OH is 1. The zero-order valence-electron chi connectivity index (χ0n) is 14.3. The summed E-state index contributed by atoms with van der Waals surface area (Å²) >= 11 is 0. The number of unbranched alkanes of at least 4 members (excludes halogenated alkanes) is 2. The molecule has 0 aliphatic carbocycles. The minimum absolute atomic E-state index is 0.425. The maximum atomic E-state index is 10.4. The molecule has 5 heteroatoms. The normalized spacial score (nSPS) is 13.3. The van der Waals surface area contributed by atoms with Gasteiger partial charge in [-0.05, 0) is 40.7 Å². The first kappa shape index (κ1) is 18.0. The fourth-order valence-corrected chi connectivity index (χ4v) is 2.54. The van der Waals surface area contributed by atoms with Crippen molar-refractivity contribution < 1.29 is 5.11 Å². The van der Waals surface area contributed by atoms with Crippen LogP contribution in [0.2, 0.25) is 0 Å². The van der Waals surface area contributed by atoms with Gasteiger partial charge in [0, 0.05) is 12.6 Å². The molecule has 0 spiro atoms. The summed E-state index contributed by atoms with van der Waals surface area (Å²) in [5.74, 6) is 0. The van der Waals surface area contributed by atoms with Gasteiger partial charge in [-0.2, -0.15) is 5.10 Å². The van der Waals surface area contributed by atoms with Gasteiger partial charge in [0.15, 0.2) is 0 Å². The van der Waals surface area contributed by atoms with Gasteiger partial charge < -0.3 is 10.8 Å². The Labute approximate surface area is 129 Å². The van der Waals surface area contributed by atoms with E-state index in [1.165, 1.54) is 19.3 Å². The first-order valence-corrected chi connectivity index (χ1v) is 8.08. The Bertz CT molecular complexity index is 428. The lowest BCUT2D eigenvalue weighted by atomic mass is 10.2. The third-order valence-electron chi connectivity index (χ3n) is 4.05. The van der Waals surface area contributed by atoms with Gasteiger partial charge in [-0.15, -0.1) is 0 Å². The van der Waals surface area contributed by atoms with Crippen molar-refractivity contribution in [1.82, 2.24) is 14.7 Å². The molecular weight excluding hydrogens is 264 g/mol. The molecule has 1 aromatic heterocycles. The van der Waals surface area contributed by atoms with E-state index < -0.39 is 6.10 Å². The van der Waals surface area contributed by atoms with Gasteiger partial charge >= 0.3 is 0 Å². The van der Waals surface area contributed by atoms with Gasteiger partial charge in [0.05, 0.1) is 29.7 Å². The lowest BCUT2D eigenvalue weighted by Crippen LogP contribution is -2.40. The SMILES string of the molecule is CCCCCN(CC(O)Cn1nc(C)c(N)c1C)C(C)C. The maximum Gasteiger partial charge on any atom is 0.0862 e. The van der Waals surface area contributed by atoms with Crippen molar-refractivity contribution in [2.45, 2.75) is 72.6 Å². The Kier molecular flexibility index (Phi) is 7.18. The third kappa shape index (κ3) is 5.32. The molecule has 1 rings (SSSR count). The lowest BCUT2D eigenvalue weighted by Gasteiger charge is -2.28. The van der Waals surface area contributed by atoms with Crippen LogP contribution in [0.4, 0.5) is 5.69 Å². The van der Waals surface area contributed by atoms with Crippen LogP contribution in [0.15, 0.2) is 0 Å². The Morgan fingerprint density at radius 2 is 1.95 bits per heavy atom. The summed E-state index contributed by atoms with van der Waals surface area (Å²) in [4.78, 5) is 2.34. The van der Waals surface area contributed by atoms with E-state index in [4.69, 9.17) is 5.73 Å². The number of aryl methyl sites for hydroxylation is 1. The second kappa shape index (κ2) is 8.39. The minimum atomic E-state index is -0.425. The quantitative estimate of drug-likeness (QED) is 0.686. The van der Waals surface area contributed by atoms with Crippen molar-refractivity contribution in [2.75, 3.05) is 18.8 Å². The lowest BCUT2D eigenvalue weighted by molar-refractivity contribution is 0.0788. The van der Waals surface area contributed by atoms with Gasteiger partial charge in [-0.3, -0.25) is 9.58 Å². The van der Waals surface area contributed by atoms with Gasteiger partial charge in [-0.25, -0.2) is 0 Å². The van der Waals surface area contributed by atoms with Gasteiger partial charge in [0.1, 0.15) is 0 Å². The number of hydrogen-bond acceptors (Lipinski definition) is 4. The van der Waals surface area contributed by atoms with Gasteiger partial charge in [0.2, 0.25) is 0 Å². The average molecular weight is 296 g/mol. The monoisotopic (exact) mass is 296 g/mol. The molecule has 0 radical (unpaired) electrons. The van der Waals surface area contributed by atoms with Crippen LogP contribution >= 0.6 is 0 Å². The topological polar surface area (TPSA) is 67.3 Å². The molecule has 21 heavy (non-hydrogen) atoms. The summed E-state index contributed by atoms with van der Waals surface area (Å²) in [5, 5.41) is 14.8. The molecule has 0 saturated carbocycles. The Morgan fingerprint density at radius 1 is 1.29 bits per heavy atom. The number of nitrogens with zero attached hydrogens (tertiary/aromatic N) is 3. The molecule has 1 aromatic rings. The molecular formula is C16H32N4O. The third-order valence-corrected chi connectivity index (χ3v) is 4.05. The van der Waals surface area contributed by atoms with E-state index >= 15 is 0 Å². The van der Waals surface area contributed by atoms with E-state index in [0.717, 1.165) is 23.6 Å². The van der Waals surface area contributed by atoms with Crippen LogP contribution in [0.25, 0.3) is 0 Å². The number of nitrogens with two attached hydrogens (primary N) is 1. The number of anilines is 1. The van der Waals surface area contributed by atoms with E-state index in [-0.39, 0.29) is 0 Å². The first-order valence-electron chi connectivity index (χ1n) is 8.08. The second-order valence-corrected chi connectivity index (χ2v) is 6.22. The number of rotatable bonds is 9. The standard InChI is InChI=1S/C16H32N4O/c1-6-7-8-9-19(12(2)3)10-15(21)11-20-14(5)16(17)13(4)18-20/h12,15,21H,6-11,17H2,1-5H3. The van der Waals surface area contributed by atoms with Crippen LogP contribution in [0.3, 0.4) is 0 Å². The fraction of sp³-hybridized carbons (Fsp3) is 0.812. The van der Waals surface area contributed by atoms with Crippen LogP contribution in [0.1, 0.15) is 51.4 Å². The average Bonchev–Trinajstić information content (AvgIpc) is 2.65. The Morgan fingerprint density at radius 3 is 2.43 bits per heavy atom. The van der Waals surface area contributed by atoms with Crippen molar-refractivity contribution >= 4 is 5.69 Å². The Hall–Kier alpha value is -1.07. The smallest absolute Gasteiger partial charge is 0.0862 e. The first-order chi connectivity index (χ1) is 9.86. The van der Waals surface area contributed by atoms with Gasteiger partial charge in [-0.1, -0.05) is 19.8 Å². The van der Waals surface area contributed by atoms with E-state index in [1.54, 1.807) is 0 Å². The fourth-order valence-electron chi connectivity index (χ4n) is 2.54. The zero-order valence-corrected chi connectivity index (χ0v) is 14.3. The maximum absolute atomic E-state index is 10.4. The molecule has 0 aliphatic rings. The van der Waals surface area contributed by atoms with Gasteiger partial charge in [0.25, 0.3) is 0 Å². The van der Waals surface area contributed by atoms with Crippen molar-refractivity contribution in [3.63, 3.8) is 0 Å². The molecule has 1 unspecified atom stereocenters. The summed E-state index contributed by atoms with van der Waals surface area (Å²) in [6.45, 7) is 12.6. The van der Waals surface area contributed by atoms with E-state index in [2.05, 4.69) is 30.8 Å². The summed E-state index contributed by atoms with van der Waals surface area (Å²) in [6.07, 6.45) is 3.23. The predicted octanol–water partition coefficient (Wildman–Crippen LogP) is 2.34. The van der Waals surface area contributed by atoms with E-state index in [0.29, 0.717) is 19.1 Å². The highest BCUT2D eigenvalue weighted by Crippen LogP contribution is 2.15. The van der Waals surface area contributed by atoms with Crippen molar-refractivity contribution in [3.05, 3.63) is 11.4 Å². The molecule has 3 N–H and O–H groups in total. The zero-order chi connectivity index (χ0) is 16.0. The second-order valence-electron chi connectivity index (χ2n) is 6.22.